The molecule has 2 rings (SSSR count). The molecule has 3 N–H and O–H groups in total. The van der Waals surface area contributed by atoms with Crippen molar-refractivity contribution in [1.29, 1.82) is 0 Å². The summed E-state index contributed by atoms with van der Waals surface area (Å²) in [6.07, 6.45) is 4.92. The number of benzene rings is 1. The van der Waals surface area contributed by atoms with Gasteiger partial charge in [0.2, 0.25) is 5.91 Å². The van der Waals surface area contributed by atoms with Gasteiger partial charge in [-0.3, -0.25) is 4.79 Å². The van der Waals surface area contributed by atoms with Gasteiger partial charge in [0.15, 0.2) is 0 Å². The van der Waals surface area contributed by atoms with Crippen LogP contribution in [0, 0.1) is 0 Å². The van der Waals surface area contributed by atoms with Crippen LogP contribution in [0.4, 0.5) is 0 Å². The normalized spacial score (nSPS) is 17.6. The molecule has 0 heterocycles. The first-order valence-electron chi connectivity index (χ1n) is 6.86. The van der Waals surface area contributed by atoms with Crippen molar-refractivity contribution in [2.24, 2.45) is 5.73 Å². The van der Waals surface area contributed by atoms with Gasteiger partial charge in [-0.1, -0.05) is 23.7 Å². The lowest BCUT2D eigenvalue weighted by Crippen LogP contribution is -2.43. The van der Waals surface area contributed by atoms with Crippen molar-refractivity contribution in [2.45, 2.75) is 30.7 Å². The van der Waals surface area contributed by atoms with Crippen LogP contribution in [-0.2, 0) is 10.2 Å². The van der Waals surface area contributed by atoms with Crippen LogP contribution in [0.1, 0.15) is 24.8 Å². The van der Waals surface area contributed by atoms with Gasteiger partial charge in [-0.05, 0) is 49.0 Å². The van der Waals surface area contributed by atoms with Gasteiger partial charge in [0.1, 0.15) is 0 Å². The van der Waals surface area contributed by atoms with Gasteiger partial charge < -0.3 is 11.1 Å². The van der Waals surface area contributed by atoms with Gasteiger partial charge in [-0.15, -0.1) is 0 Å². The van der Waals surface area contributed by atoms with Crippen LogP contribution in [0.5, 0.6) is 0 Å². The first-order chi connectivity index (χ1) is 9.57. The molecule has 0 aliphatic heterocycles. The highest BCUT2D eigenvalue weighted by Crippen LogP contribution is 2.48. The second-order valence-corrected chi connectivity index (χ2v) is 6.82. The van der Waals surface area contributed by atoms with E-state index in [1.165, 1.54) is 5.56 Å². The first kappa shape index (κ1) is 15.7. The molecule has 1 fully saturated rings. The van der Waals surface area contributed by atoms with E-state index in [2.05, 4.69) is 11.4 Å². The summed E-state index contributed by atoms with van der Waals surface area (Å²) in [5.41, 5.74) is 7.15. The summed E-state index contributed by atoms with van der Waals surface area (Å²) in [7, 11) is 0. The maximum absolute atomic E-state index is 12.0. The molecule has 1 aromatic carbocycles. The van der Waals surface area contributed by atoms with Crippen LogP contribution < -0.4 is 11.1 Å². The van der Waals surface area contributed by atoms with Crippen LogP contribution in [0.2, 0.25) is 5.02 Å². The molecule has 5 heteroatoms. The van der Waals surface area contributed by atoms with Gasteiger partial charge in [0.25, 0.3) is 0 Å². The fraction of sp³-hybridized carbons (Fsp3) is 0.533. The molecule has 3 nitrogen and oxygen atoms in total. The number of carbonyl (C=O) groups is 1. The average Bonchev–Trinajstić information content (AvgIpc) is 3.23. The molecular formula is C15H21ClN2OS. The summed E-state index contributed by atoms with van der Waals surface area (Å²) in [4.78, 5) is 12.0. The van der Waals surface area contributed by atoms with E-state index in [1.807, 2.05) is 24.5 Å². The molecule has 0 bridgehead atoms. The van der Waals surface area contributed by atoms with E-state index in [-0.39, 0.29) is 11.3 Å². The molecule has 110 valence electrons. The molecule has 1 amide bonds. The zero-order valence-corrected chi connectivity index (χ0v) is 13.3. The molecule has 0 saturated heterocycles. The second-order valence-electron chi connectivity index (χ2n) is 5.40. The van der Waals surface area contributed by atoms with Crippen LogP contribution >= 0.6 is 23.4 Å². The van der Waals surface area contributed by atoms with Crippen LogP contribution in [0.25, 0.3) is 0 Å². The second kappa shape index (κ2) is 6.83. The first-order valence-corrected chi connectivity index (χ1v) is 8.63. The van der Waals surface area contributed by atoms with E-state index in [0.29, 0.717) is 6.54 Å². The largest absolute Gasteiger partial charge is 0.354 e. The third-order valence-corrected chi connectivity index (χ3v) is 4.74. The molecule has 1 aromatic rings. The van der Waals surface area contributed by atoms with E-state index < -0.39 is 6.04 Å². The number of hydrogen-bond acceptors (Lipinski definition) is 3. The summed E-state index contributed by atoms with van der Waals surface area (Å²) in [5.74, 6) is 0.862. The zero-order valence-electron chi connectivity index (χ0n) is 11.7. The van der Waals surface area contributed by atoms with E-state index in [1.54, 1.807) is 11.8 Å². The molecule has 1 aliphatic carbocycles. The van der Waals surface area contributed by atoms with E-state index in [9.17, 15) is 4.79 Å². The van der Waals surface area contributed by atoms with Crippen molar-refractivity contribution >= 4 is 29.3 Å². The number of halogens is 1. The van der Waals surface area contributed by atoms with Crippen LogP contribution in [-0.4, -0.2) is 30.5 Å². The Hall–Kier alpha value is -0.710. The fourth-order valence-electron chi connectivity index (χ4n) is 2.30. The van der Waals surface area contributed by atoms with Gasteiger partial charge in [0, 0.05) is 17.0 Å². The predicted octanol–water partition coefficient (Wildman–Crippen LogP) is 2.57. The van der Waals surface area contributed by atoms with E-state index in [0.717, 1.165) is 30.0 Å². The molecule has 0 unspecified atom stereocenters. The van der Waals surface area contributed by atoms with Gasteiger partial charge in [0.05, 0.1) is 6.04 Å². The molecular weight excluding hydrogens is 292 g/mol. The van der Waals surface area contributed by atoms with Crippen molar-refractivity contribution in [3.05, 3.63) is 34.9 Å². The SMILES string of the molecule is CSCC[C@H](N)C(=O)NCC1(c2cccc(Cl)c2)CC1. The number of rotatable bonds is 7. The Kier molecular flexibility index (Phi) is 5.35. The topological polar surface area (TPSA) is 55.1 Å². The maximum atomic E-state index is 12.0. The Morgan fingerprint density at radius 1 is 1.55 bits per heavy atom. The lowest BCUT2D eigenvalue weighted by atomic mass is 9.96. The Morgan fingerprint density at radius 3 is 2.90 bits per heavy atom. The molecule has 1 atom stereocenters. The lowest BCUT2D eigenvalue weighted by molar-refractivity contribution is -0.122. The summed E-state index contributed by atoms with van der Waals surface area (Å²) in [5, 5.41) is 3.74. The minimum absolute atomic E-state index is 0.0487. The Bertz CT molecular complexity index is 477. The molecule has 20 heavy (non-hydrogen) atoms. The van der Waals surface area contributed by atoms with Gasteiger partial charge in [-0.25, -0.2) is 0 Å². The summed E-state index contributed by atoms with van der Waals surface area (Å²) >= 11 is 7.75. The Labute approximate surface area is 129 Å². The number of nitrogens with two attached hydrogens (primary N) is 1. The third kappa shape index (κ3) is 3.90. The lowest BCUT2D eigenvalue weighted by Gasteiger charge is -2.19. The number of carbonyl (C=O) groups excluding carboxylic acids is 1. The quantitative estimate of drug-likeness (QED) is 0.813. The molecule has 0 spiro atoms. The average molecular weight is 313 g/mol. The van der Waals surface area contributed by atoms with Crippen molar-refractivity contribution in [2.75, 3.05) is 18.6 Å². The molecule has 0 radical (unpaired) electrons. The highest BCUT2D eigenvalue weighted by atomic mass is 35.5. The van der Waals surface area contributed by atoms with Crippen molar-refractivity contribution in [1.82, 2.24) is 5.32 Å². The third-order valence-electron chi connectivity index (χ3n) is 3.86. The van der Waals surface area contributed by atoms with Gasteiger partial charge in [-0.2, -0.15) is 11.8 Å². The standard InChI is InChI=1S/C15H21ClN2OS/c1-20-8-5-13(17)14(19)18-10-15(6-7-15)11-3-2-4-12(16)9-11/h2-4,9,13H,5-8,10,17H2,1H3,(H,18,19)/t13-/m0/s1. The van der Waals surface area contributed by atoms with Crippen LogP contribution in [0.15, 0.2) is 24.3 Å². The molecule has 0 aromatic heterocycles. The smallest absolute Gasteiger partial charge is 0.236 e. The highest BCUT2D eigenvalue weighted by Gasteiger charge is 2.44. The number of amides is 1. The fourth-order valence-corrected chi connectivity index (χ4v) is 2.98. The predicted molar refractivity (Wildman–Crippen MR) is 86.3 cm³/mol. The summed E-state index contributed by atoms with van der Waals surface area (Å²) < 4.78 is 0. The van der Waals surface area contributed by atoms with Crippen LogP contribution in [0.3, 0.4) is 0 Å². The number of thioether (sulfide) groups is 1. The monoisotopic (exact) mass is 312 g/mol. The number of nitrogens with one attached hydrogen (secondary N) is 1. The van der Waals surface area contributed by atoms with Crippen molar-refractivity contribution in [3.8, 4) is 0 Å². The Balaban J connectivity index is 1.89. The Morgan fingerprint density at radius 2 is 2.30 bits per heavy atom. The highest BCUT2D eigenvalue weighted by molar-refractivity contribution is 7.98. The van der Waals surface area contributed by atoms with Crippen molar-refractivity contribution < 1.29 is 4.79 Å². The zero-order chi connectivity index (χ0) is 14.6. The minimum atomic E-state index is -0.405. The minimum Gasteiger partial charge on any atom is -0.354 e. The van der Waals surface area contributed by atoms with E-state index >= 15 is 0 Å². The summed E-state index contributed by atoms with van der Waals surface area (Å²) in [6, 6.07) is 7.51. The summed E-state index contributed by atoms with van der Waals surface area (Å²) in [6.45, 7) is 0.652. The van der Waals surface area contributed by atoms with Crippen molar-refractivity contribution in [3.63, 3.8) is 0 Å². The molecule has 1 aliphatic rings. The molecule has 1 saturated carbocycles. The van der Waals surface area contributed by atoms with E-state index in [4.69, 9.17) is 17.3 Å². The number of hydrogen-bond donors (Lipinski definition) is 2. The maximum Gasteiger partial charge on any atom is 0.236 e. The van der Waals surface area contributed by atoms with Gasteiger partial charge >= 0.3 is 0 Å².